The van der Waals surface area contributed by atoms with Gasteiger partial charge in [0, 0.05) is 5.92 Å². The Bertz CT molecular complexity index is 410. The lowest BCUT2D eigenvalue weighted by molar-refractivity contribution is 0.268. The molecule has 0 spiro atoms. The lowest BCUT2D eigenvalue weighted by Crippen LogP contribution is -2.21. The molecule has 2 aliphatic rings. The molecule has 0 amide bonds. The zero-order chi connectivity index (χ0) is 12.4. The molecule has 2 heteroatoms. The Morgan fingerprint density at radius 2 is 1.94 bits per heavy atom. The monoisotopic (exact) mass is 245 g/mol. The van der Waals surface area contributed by atoms with Crippen LogP contribution < -0.4 is 10.5 Å². The van der Waals surface area contributed by atoms with Crippen LogP contribution in [0.25, 0.3) is 0 Å². The quantitative estimate of drug-likeness (QED) is 0.864. The molecule has 0 saturated heterocycles. The third-order valence-corrected chi connectivity index (χ3v) is 4.56. The van der Waals surface area contributed by atoms with Gasteiger partial charge in [0.15, 0.2) is 0 Å². The Balaban J connectivity index is 1.85. The molecular weight excluding hydrogens is 222 g/mol. The van der Waals surface area contributed by atoms with E-state index in [2.05, 4.69) is 18.2 Å². The molecule has 1 atom stereocenters. The second kappa shape index (κ2) is 5.31. The van der Waals surface area contributed by atoms with E-state index in [1.807, 2.05) is 0 Å². The summed E-state index contributed by atoms with van der Waals surface area (Å²) in [6.07, 6.45) is 7.93. The van der Waals surface area contributed by atoms with Crippen molar-refractivity contribution in [2.75, 3.05) is 13.2 Å². The average Bonchev–Trinajstić information content (AvgIpc) is 2.47. The van der Waals surface area contributed by atoms with Crippen molar-refractivity contribution in [2.24, 2.45) is 5.73 Å². The van der Waals surface area contributed by atoms with E-state index in [0.717, 1.165) is 31.2 Å². The van der Waals surface area contributed by atoms with Gasteiger partial charge < -0.3 is 10.5 Å². The first-order valence-electron chi connectivity index (χ1n) is 7.35. The highest BCUT2D eigenvalue weighted by atomic mass is 16.5. The van der Waals surface area contributed by atoms with Crippen LogP contribution in [0.3, 0.4) is 0 Å². The minimum atomic E-state index is 0.495. The highest BCUT2D eigenvalue weighted by Crippen LogP contribution is 2.38. The van der Waals surface area contributed by atoms with E-state index in [1.165, 1.54) is 43.2 Å². The molecule has 1 saturated carbocycles. The van der Waals surface area contributed by atoms with Crippen molar-refractivity contribution >= 4 is 0 Å². The van der Waals surface area contributed by atoms with Crippen LogP contribution in [-0.4, -0.2) is 13.2 Å². The van der Waals surface area contributed by atoms with E-state index in [4.69, 9.17) is 10.5 Å². The van der Waals surface area contributed by atoms with Crippen molar-refractivity contribution in [3.8, 4) is 5.75 Å². The Morgan fingerprint density at radius 3 is 2.72 bits per heavy atom. The fourth-order valence-electron chi connectivity index (χ4n) is 3.41. The van der Waals surface area contributed by atoms with E-state index < -0.39 is 0 Å². The van der Waals surface area contributed by atoms with E-state index in [9.17, 15) is 0 Å². The van der Waals surface area contributed by atoms with Gasteiger partial charge in [0.05, 0.1) is 6.61 Å². The smallest absolute Gasteiger partial charge is 0.123 e. The maximum Gasteiger partial charge on any atom is 0.123 e. The van der Waals surface area contributed by atoms with Gasteiger partial charge in [-0.05, 0) is 48.9 Å². The fourth-order valence-corrected chi connectivity index (χ4v) is 3.41. The first-order valence-corrected chi connectivity index (χ1v) is 7.35. The van der Waals surface area contributed by atoms with E-state index in [0.29, 0.717) is 5.92 Å². The molecule has 1 unspecified atom stereocenters. The van der Waals surface area contributed by atoms with Crippen LogP contribution in [0.2, 0.25) is 0 Å². The van der Waals surface area contributed by atoms with Crippen LogP contribution in [0, 0.1) is 0 Å². The van der Waals surface area contributed by atoms with Crippen LogP contribution in [-0.2, 0) is 0 Å². The topological polar surface area (TPSA) is 35.2 Å². The Morgan fingerprint density at radius 1 is 1.11 bits per heavy atom. The van der Waals surface area contributed by atoms with Gasteiger partial charge in [0.1, 0.15) is 5.75 Å². The summed E-state index contributed by atoms with van der Waals surface area (Å²) in [6.45, 7) is 1.56. The molecule has 0 bridgehead atoms. The maximum absolute atomic E-state index is 5.84. The molecule has 1 aromatic carbocycles. The summed E-state index contributed by atoms with van der Waals surface area (Å²) < 4.78 is 5.83. The van der Waals surface area contributed by atoms with Crippen LogP contribution in [0.1, 0.15) is 61.5 Å². The van der Waals surface area contributed by atoms with Gasteiger partial charge in [0.25, 0.3) is 0 Å². The van der Waals surface area contributed by atoms with Crippen molar-refractivity contribution in [2.45, 2.75) is 50.4 Å². The minimum absolute atomic E-state index is 0.495. The number of rotatable bonds is 2. The van der Waals surface area contributed by atoms with Gasteiger partial charge in [0.2, 0.25) is 0 Å². The van der Waals surface area contributed by atoms with E-state index in [1.54, 1.807) is 0 Å². The Kier molecular flexibility index (Phi) is 3.55. The van der Waals surface area contributed by atoms with E-state index >= 15 is 0 Å². The number of fused-ring (bicyclic) bond motifs is 1. The number of ether oxygens (including phenoxy) is 1. The van der Waals surface area contributed by atoms with Crippen LogP contribution in [0.15, 0.2) is 18.2 Å². The molecule has 98 valence electrons. The zero-order valence-electron chi connectivity index (χ0n) is 11.0. The molecule has 0 radical (unpaired) electrons. The Hall–Kier alpha value is -1.02. The van der Waals surface area contributed by atoms with Gasteiger partial charge in [-0.15, -0.1) is 0 Å². The number of hydrogen-bond donors (Lipinski definition) is 1. The standard InChI is InChI=1S/C16H23NO/c17-11-14-8-9-18-16-10-13(6-7-15(14)16)12-4-2-1-3-5-12/h6-7,10,12,14H,1-5,8-9,11,17H2. The largest absolute Gasteiger partial charge is 0.493 e. The second-order valence-electron chi connectivity index (χ2n) is 5.70. The van der Waals surface area contributed by atoms with E-state index in [-0.39, 0.29) is 0 Å². The minimum Gasteiger partial charge on any atom is -0.493 e. The molecule has 2 nitrogen and oxygen atoms in total. The maximum atomic E-state index is 5.84. The molecule has 1 fully saturated rings. The molecule has 1 aliphatic heterocycles. The number of nitrogens with two attached hydrogens (primary N) is 1. The summed E-state index contributed by atoms with van der Waals surface area (Å²) in [5.74, 6) is 2.35. The first-order chi connectivity index (χ1) is 8.88. The van der Waals surface area contributed by atoms with Gasteiger partial charge in [-0.2, -0.15) is 0 Å². The molecule has 2 N–H and O–H groups in total. The highest BCUT2D eigenvalue weighted by Gasteiger charge is 2.22. The second-order valence-corrected chi connectivity index (χ2v) is 5.70. The van der Waals surface area contributed by atoms with Gasteiger partial charge in [-0.3, -0.25) is 0 Å². The summed E-state index contributed by atoms with van der Waals surface area (Å²) in [7, 11) is 0. The van der Waals surface area contributed by atoms with Crippen molar-refractivity contribution in [1.82, 2.24) is 0 Å². The lowest BCUT2D eigenvalue weighted by atomic mass is 9.82. The predicted octanol–water partition coefficient (Wildman–Crippen LogP) is 3.56. The summed E-state index contributed by atoms with van der Waals surface area (Å²) in [5.41, 5.74) is 8.64. The third-order valence-electron chi connectivity index (χ3n) is 4.56. The Labute approximate surface area is 110 Å². The van der Waals surface area contributed by atoms with Crippen LogP contribution >= 0.6 is 0 Å². The SMILES string of the molecule is NCC1CCOc2cc(C3CCCCC3)ccc21. The number of hydrogen-bond acceptors (Lipinski definition) is 2. The summed E-state index contributed by atoms with van der Waals surface area (Å²) >= 11 is 0. The fraction of sp³-hybridized carbons (Fsp3) is 0.625. The molecule has 18 heavy (non-hydrogen) atoms. The third kappa shape index (κ3) is 2.26. The summed E-state index contributed by atoms with van der Waals surface area (Å²) in [5, 5.41) is 0. The number of benzene rings is 1. The molecule has 0 aromatic heterocycles. The summed E-state index contributed by atoms with van der Waals surface area (Å²) in [6, 6.07) is 6.86. The molecular formula is C16H23NO. The van der Waals surface area contributed by atoms with Crippen LogP contribution in [0.5, 0.6) is 5.75 Å². The normalized spacial score (nSPS) is 24.4. The molecule has 1 heterocycles. The highest BCUT2D eigenvalue weighted by molar-refractivity contribution is 5.42. The molecule has 3 rings (SSSR count). The average molecular weight is 245 g/mol. The van der Waals surface area contributed by atoms with Crippen LogP contribution in [0.4, 0.5) is 0 Å². The van der Waals surface area contributed by atoms with Crippen molar-refractivity contribution in [3.63, 3.8) is 0 Å². The lowest BCUT2D eigenvalue weighted by Gasteiger charge is -2.28. The summed E-state index contributed by atoms with van der Waals surface area (Å²) in [4.78, 5) is 0. The van der Waals surface area contributed by atoms with Gasteiger partial charge in [-0.25, -0.2) is 0 Å². The zero-order valence-corrected chi connectivity index (χ0v) is 11.0. The van der Waals surface area contributed by atoms with Gasteiger partial charge >= 0.3 is 0 Å². The van der Waals surface area contributed by atoms with Crippen molar-refractivity contribution in [3.05, 3.63) is 29.3 Å². The molecule has 1 aromatic rings. The van der Waals surface area contributed by atoms with Gasteiger partial charge in [-0.1, -0.05) is 31.4 Å². The first kappa shape index (κ1) is 12.0. The van der Waals surface area contributed by atoms with Crippen molar-refractivity contribution < 1.29 is 4.74 Å². The predicted molar refractivity (Wildman–Crippen MR) is 74.2 cm³/mol. The molecule has 1 aliphatic carbocycles. The van der Waals surface area contributed by atoms with Crippen molar-refractivity contribution in [1.29, 1.82) is 0 Å².